The van der Waals surface area contributed by atoms with Crippen molar-refractivity contribution in [2.24, 2.45) is 11.3 Å². The van der Waals surface area contributed by atoms with E-state index in [2.05, 4.69) is 25.8 Å². The number of Topliss-reactive ketones (excluding diaryl/α,β-unsaturated/α-hetero) is 1. The summed E-state index contributed by atoms with van der Waals surface area (Å²) in [5.41, 5.74) is -0.141. The van der Waals surface area contributed by atoms with Crippen LogP contribution in [-0.4, -0.2) is 47.3 Å². The first-order valence-electron chi connectivity index (χ1n) is 12.0. The molecular weight excluding hydrogens is 438 g/mol. The van der Waals surface area contributed by atoms with Gasteiger partial charge < -0.3 is 14.2 Å². The lowest BCUT2D eigenvalue weighted by atomic mass is 9.63. The van der Waals surface area contributed by atoms with Crippen molar-refractivity contribution in [1.82, 2.24) is 4.98 Å². The molecule has 0 saturated carbocycles. The van der Waals surface area contributed by atoms with Gasteiger partial charge in [-0.25, -0.2) is 4.98 Å². The molecule has 0 bridgehead atoms. The Kier molecular flexibility index (Phi) is 7.86. The lowest BCUT2D eigenvalue weighted by Crippen LogP contribution is -2.55. The number of esters is 1. The Balaban J connectivity index is 1.96. The second-order valence-electron chi connectivity index (χ2n) is 10.4. The molecule has 4 atom stereocenters. The summed E-state index contributed by atoms with van der Waals surface area (Å²) >= 11 is 1.59. The van der Waals surface area contributed by atoms with Crippen LogP contribution in [0.15, 0.2) is 11.0 Å². The predicted octanol–water partition coefficient (Wildman–Crippen LogP) is 5.53. The Morgan fingerprint density at radius 2 is 1.88 bits per heavy atom. The van der Waals surface area contributed by atoms with Crippen LogP contribution >= 0.6 is 11.3 Å². The number of rotatable bonds is 2. The highest BCUT2D eigenvalue weighted by molar-refractivity contribution is 7.09. The largest absolute Gasteiger partial charge is 0.454 e. The van der Waals surface area contributed by atoms with Gasteiger partial charge in [0.1, 0.15) is 17.0 Å². The van der Waals surface area contributed by atoms with Crippen LogP contribution in [0.3, 0.4) is 0 Å². The monoisotopic (exact) mass is 477 g/mol. The SMILES string of the molecule is CC(=Cc1csc(C)n1)C1(C)OC(=O)C(C)CCC(=O)CCCOCCC2OC2(C)C1(C)C. The molecule has 3 heterocycles. The highest BCUT2D eigenvalue weighted by Gasteiger charge is 2.68. The third-order valence-electron chi connectivity index (χ3n) is 7.96. The molecule has 1 aromatic rings. The number of epoxide rings is 1. The van der Waals surface area contributed by atoms with Gasteiger partial charge in [0.15, 0.2) is 0 Å². The molecule has 2 aliphatic rings. The maximum Gasteiger partial charge on any atom is 0.309 e. The van der Waals surface area contributed by atoms with E-state index in [9.17, 15) is 9.59 Å². The number of ether oxygens (including phenoxy) is 3. The number of fused-ring (bicyclic) bond motifs is 1. The van der Waals surface area contributed by atoms with Crippen LogP contribution in [0.2, 0.25) is 0 Å². The van der Waals surface area contributed by atoms with E-state index >= 15 is 0 Å². The van der Waals surface area contributed by atoms with E-state index in [1.807, 2.05) is 39.2 Å². The van der Waals surface area contributed by atoms with Crippen molar-refractivity contribution in [1.29, 1.82) is 0 Å². The molecule has 184 valence electrons. The first-order valence-corrected chi connectivity index (χ1v) is 12.9. The summed E-state index contributed by atoms with van der Waals surface area (Å²) < 4.78 is 18.4. The van der Waals surface area contributed by atoms with E-state index in [0.29, 0.717) is 38.9 Å². The van der Waals surface area contributed by atoms with Crippen molar-refractivity contribution in [2.75, 3.05) is 13.2 Å². The molecule has 0 aliphatic carbocycles. The molecule has 2 aliphatic heterocycles. The number of cyclic esters (lactones) is 1. The number of hydrogen-bond donors (Lipinski definition) is 0. The van der Waals surface area contributed by atoms with Gasteiger partial charge in [-0.15, -0.1) is 11.3 Å². The number of aryl methyl sites for hydroxylation is 1. The molecule has 0 amide bonds. The molecule has 7 heteroatoms. The average molecular weight is 478 g/mol. The van der Waals surface area contributed by atoms with Gasteiger partial charge in [0, 0.05) is 36.9 Å². The Bertz CT molecular complexity index is 906. The van der Waals surface area contributed by atoms with Gasteiger partial charge in [0.05, 0.1) is 22.7 Å². The number of hydrogen-bond acceptors (Lipinski definition) is 7. The zero-order valence-electron chi connectivity index (χ0n) is 21.2. The molecule has 0 aromatic carbocycles. The molecule has 0 N–H and O–H groups in total. The van der Waals surface area contributed by atoms with Gasteiger partial charge in [-0.3, -0.25) is 9.59 Å². The van der Waals surface area contributed by atoms with Crippen molar-refractivity contribution in [3.05, 3.63) is 21.7 Å². The van der Waals surface area contributed by atoms with Gasteiger partial charge >= 0.3 is 5.97 Å². The number of thiazole rings is 1. The Morgan fingerprint density at radius 3 is 2.55 bits per heavy atom. The zero-order chi connectivity index (χ0) is 24.4. The van der Waals surface area contributed by atoms with Crippen molar-refractivity contribution in [3.8, 4) is 0 Å². The Morgan fingerprint density at radius 1 is 1.15 bits per heavy atom. The van der Waals surface area contributed by atoms with Crippen molar-refractivity contribution >= 4 is 29.2 Å². The molecule has 1 aromatic heterocycles. The summed E-state index contributed by atoms with van der Waals surface area (Å²) in [6.07, 6.45) is 4.86. The number of aromatic nitrogens is 1. The number of carbonyl (C=O) groups excluding carboxylic acids is 2. The molecule has 2 fully saturated rings. The summed E-state index contributed by atoms with van der Waals surface area (Å²) in [7, 11) is 0. The molecule has 2 saturated heterocycles. The van der Waals surface area contributed by atoms with Crippen molar-refractivity contribution in [3.63, 3.8) is 0 Å². The minimum Gasteiger partial charge on any atom is -0.454 e. The van der Waals surface area contributed by atoms with Crippen LogP contribution in [0, 0.1) is 18.3 Å². The third-order valence-corrected chi connectivity index (χ3v) is 8.76. The van der Waals surface area contributed by atoms with Crippen molar-refractivity contribution in [2.45, 2.75) is 97.9 Å². The number of nitrogens with zero attached hydrogens (tertiary/aromatic N) is 1. The fourth-order valence-corrected chi connectivity index (χ4v) is 5.28. The second-order valence-corrected chi connectivity index (χ2v) is 11.5. The molecule has 0 spiro atoms. The van der Waals surface area contributed by atoms with E-state index in [0.717, 1.165) is 22.7 Å². The number of carbonyl (C=O) groups is 2. The lowest BCUT2D eigenvalue weighted by molar-refractivity contribution is -0.174. The smallest absolute Gasteiger partial charge is 0.309 e. The minimum atomic E-state index is -0.929. The van der Waals surface area contributed by atoms with Gasteiger partial charge in [-0.1, -0.05) is 20.8 Å². The van der Waals surface area contributed by atoms with Gasteiger partial charge in [0.2, 0.25) is 0 Å². The second kappa shape index (κ2) is 9.96. The van der Waals surface area contributed by atoms with Crippen LogP contribution in [0.5, 0.6) is 0 Å². The first-order chi connectivity index (χ1) is 15.4. The summed E-state index contributed by atoms with van der Waals surface area (Å²) in [4.78, 5) is 30.1. The molecule has 3 rings (SSSR count). The number of ketones is 1. The molecular formula is C26H39NO5S. The summed E-state index contributed by atoms with van der Waals surface area (Å²) in [6.45, 7) is 15.3. The van der Waals surface area contributed by atoms with E-state index in [1.165, 1.54) is 0 Å². The summed E-state index contributed by atoms with van der Waals surface area (Å²) in [6, 6.07) is 0. The topological polar surface area (TPSA) is 78.0 Å². The van der Waals surface area contributed by atoms with E-state index < -0.39 is 16.6 Å². The van der Waals surface area contributed by atoms with Crippen LogP contribution < -0.4 is 0 Å². The normalized spacial score (nSPS) is 34.5. The van der Waals surface area contributed by atoms with Gasteiger partial charge in [0.25, 0.3) is 0 Å². The fourth-order valence-electron chi connectivity index (χ4n) is 4.71. The summed E-state index contributed by atoms with van der Waals surface area (Å²) in [5, 5.41) is 3.00. The molecule has 0 radical (unpaired) electrons. The van der Waals surface area contributed by atoms with E-state index in [-0.39, 0.29) is 23.8 Å². The quantitative estimate of drug-likeness (QED) is 0.412. The Labute approximate surface area is 202 Å². The highest BCUT2D eigenvalue weighted by Crippen LogP contribution is 2.59. The first kappa shape index (κ1) is 26.0. The third kappa shape index (κ3) is 5.41. The van der Waals surface area contributed by atoms with Crippen LogP contribution in [-0.2, 0) is 23.8 Å². The Hall–Kier alpha value is -1.57. The highest BCUT2D eigenvalue weighted by atomic mass is 32.1. The average Bonchev–Trinajstić information content (AvgIpc) is 3.25. The van der Waals surface area contributed by atoms with Crippen LogP contribution in [0.4, 0.5) is 0 Å². The van der Waals surface area contributed by atoms with E-state index in [4.69, 9.17) is 14.2 Å². The lowest BCUT2D eigenvalue weighted by Gasteiger charge is -2.47. The standard InChI is InChI=1S/C26H39NO5S/c1-17-10-11-21(28)9-8-13-30-14-12-22-26(7,31-22)24(4,5)25(6,32-23(17)29)18(2)15-20-16-33-19(3)27-20/h15-17,22H,8-14H2,1-7H3. The predicted molar refractivity (Wildman–Crippen MR) is 130 cm³/mol. The van der Waals surface area contributed by atoms with Crippen LogP contribution in [0.1, 0.15) is 84.3 Å². The van der Waals surface area contributed by atoms with Crippen LogP contribution in [0.25, 0.3) is 6.08 Å². The van der Waals surface area contributed by atoms with Gasteiger partial charge in [-0.05, 0) is 58.6 Å². The molecule has 4 unspecified atom stereocenters. The molecule has 33 heavy (non-hydrogen) atoms. The summed E-state index contributed by atoms with van der Waals surface area (Å²) in [5.74, 6) is -0.482. The van der Waals surface area contributed by atoms with Crippen molar-refractivity contribution < 1.29 is 23.8 Å². The maximum absolute atomic E-state index is 13.3. The van der Waals surface area contributed by atoms with Gasteiger partial charge in [-0.2, -0.15) is 0 Å². The zero-order valence-corrected chi connectivity index (χ0v) is 22.0. The minimum absolute atomic E-state index is 0.0202. The fraction of sp³-hybridized carbons (Fsp3) is 0.731. The maximum atomic E-state index is 13.3. The van der Waals surface area contributed by atoms with E-state index in [1.54, 1.807) is 11.3 Å². The molecule has 6 nitrogen and oxygen atoms in total.